The Balaban J connectivity index is 0.00000363. The molecule has 0 radical (unpaired) electrons. The first-order chi connectivity index (χ1) is 15.3. The molecule has 0 amide bonds. The van der Waals surface area contributed by atoms with E-state index in [2.05, 4.69) is 61.8 Å². The molecule has 2 aromatic rings. The van der Waals surface area contributed by atoms with Gasteiger partial charge in [-0.05, 0) is 49.6 Å². The van der Waals surface area contributed by atoms with Gasteiger partial charge in [0.15, 0.2) is 5.96 Å². The van der Waals surface area contributed by atoms with E-state index >= 15 is 0 Å². The van der Waals surface area contributed by atoms with Gasteiger partial charge in [0, 0.05) is 52.0 Å². The SMILES string of the molecule is CN=C(NCCCCN1CCN(c2ccccc2)CC1)NCCc1ccccc1OC.I. The number of unbranched alkanes of at least 4 members (excludes halogenated alkanes) is 1. The Morgan fingerprint density at radius 1 is 0.906 bits per heavy atom. The molecular weight excluding hydrogens is 513 g/mol. The average molecular weight is 552 g/mol. The van der Waals surface area contributed by atoms with Crippen LogP contribution in [0.3, 0.4) is 0 Å². The van der Waals surface area contributed by atoms with Gasteiger partial charge < -0.3 is 20.3 Å². The third kappa shape index (κ3) is 8.50. The van der Waals surface area contributed by atoms with E-state index in [9.17, 15) is 0 Å². The zero-order valence-corrected chi connectivity index (χ0v) is 21.8. The maximum Gasteiger partial charge on any atom is 0.190 e. The molecule has 1 aliphatic heterocycles. The molecule has 0 saturated carbocycles. The second kappa shape index (κ2) is 14.9. The highest BCUT2D eigenvalue weighted by Crippen LogP contribution is 2.17. The maximum atomic E-state index is 5.42. The lowest BCUT2D eigenvalue weighted by Crippen LogP contribution is -2.46. The molecule has 176 valence electrons. The van der Waals surface area contributed by atoms with Crippen molar-refractivity contribution in [2.75, 3.05) is 64.9 Å². The fourth-order valence-corrected chi connectivity index (χ4v) is 3.98. The number of piperazine rings is 1. The summed E-state index contributed by atoms with van der Waals surface area (Å²) in [4.78, 5) is 9.40. The molecule has 0 unspecified atom stereocenters. The van der Waals surface area contributed by atoms with E-state index in [1.54, 1.807) is 7.11 Å². The summed E-state index contributed by atoms with van der Waals surface area (Å²) in [5, 5.41) is 6.83. The first-order valence-corrected chi connectivity index (χ1v) is 11.4. The molecule has 7 heteroatoms. The van der Waals surface area contributed by atoms with Crippen LogP contribution in [0, 0.1) is 0 Å². The summed E-state index contributed by atoms with van der Waals surface area (Å²) in [6.07, 6.45) is 3.25. The molecule has 1 aliphatic rings. The molecule has 1 saturated heterocycles. The van der Waals surface area contributed by atoms with Crippen molar-refractivity contribution >= 4 is 35.6 Å². The topological polar surface area (TPSA) is 52.1 Å². The van der Waals surface area contributed by atoms with Crippen LogP contribution in [-0.2, 0) is 6.42 Å². The van der Waals surface area contributed by atoms with Crippen molar-refractivity contribution < 1.29 is 4.74 Å². The highest BCUT2D eigenvalue weighted by molar-refractivity contribution is 14.0. The Bertz CT molecular complexity index is 794. The van der Waals surface area contributed by atoms with E-state index in [0.29, 0.717) is 0 Å². The molecule has 0 bridgehead atoms. The predicted octanol–water partition coefficient (Wildman–Crippen LogP) is 3.62. The van der Waals surface area contributed by atoms with Gasteiger partial charge in [-0.25, -0.2) is 0 Å². The van der Waals surface area contributed by atoms with Gasteiger partial charge >= 0.3 is 0 Å². The number of nitrogens with one attached hydrogen (secondary N) is 2. The number of hydrogen-bond acceptors (Lipinski definition) is 4. The maximum absolute atomic E-state index is 5.42. The molecule has 0 atom stereocenters. The van der Waals surface area contributed by atoms with Crippen LogP contribution < -0.4 is 20.3 Å². The van der Waals surface area contributed by atoms with Gasteiger partial charge in [0.05, 0.1) is 7.11 Å². The van der Waals surface area contributed by atoms with Gasteiger partial charge in [-0.3, -0.25) is 9.89 Å². The van der Waals surface area contributed by atoms with E-state index in [1.807, 2.05) is 25.2 Å². The van der Waals surface area contributed by atoms with Gasteiger partial charge in [0.1, 0.15) is 5.75 Å². The lowest BCUT2D eigenvalue weighted by atomic mass is 10.1. The third-order valence-electron chi connectivity index (χ3n) is 5.79. The largest absolute Gasteiger partial charge is 0.496 e. The van der Waals surface area contributed by atoms with Gasteiger partial charge in [-0.2, -0.15) is 0 Å². The molecular formula is C25H38IN5O. The Morgan fingerprint density at radius 3 is 2.31 bits per heavy atom. The van der Waals surface area contributed by atoms with E-state index in [4.69, 9.17) is 4.74 Å². The second-order valence-electron chi connectivity index (χ2n) is 7.86. The number of rotatable bonds is 10. The monoisotopic (exact) mass is 551 g/mol. The molecule has 3 rings (SSSR count). The van der Waals surface area contributed by atoms with Crippen molar-refractivity contribution in [2.45, 2.75) is 19.3 Å². The number of para-hydroxylation sites is 2. The van der Waals surface area contributed by atoms with E-state index in [1.165, 1.54) is 24.2 Å². The van der Waals surface area contributed by atoms with Gasteiger partial charge in [0.25, 0.3) is 0 Å². The minimum Gasteiger partial charge on any atom is -0.496 e. The first-order valence-electron chi connectivity index (χ1n) is 11.4. The van der Waals surface area contributed by atoms with Crippen molar-refractivity contribution in [3.05, 3.63) is 60.2 Å². The standard InChI is InChI=1S/C25H37N5O.HI/c1-26-25(28-16-14-22-10-6-7-13-24(22)31-2)27-15-8-9-17-29-18-20-30(21-19-29)23-11-4-3-5-12-23;/h3-7,10-13H,8-9,14-21H2,1-2H3,(H2,26,27,28);1H. The summed E-state index contributed by atoms with van der Waals surface area (Å²) in [6, 6.07) is 18.9. The molecule has 2 N–H and O–H groups in total. The smallest absolute Gasteiger partial charge is 0.190 e. The summed E-state index contributed by atoms with van der Waals surface area (Å²) in [7, 11) is 3.54. The number of aliphatic imine (C=N–C) groups is 1. The number of ether oxygens (including phenoxy) is 1. The van der Waals surface area contributed by atoms with Crippen LogP contribution in [0.15, 0.2) is 59.6 Å². The average Bonchev–Trinajstić information content (AvgIpc) is 2.84. The summed E-state index contributed by atoms with van der Waals surface area (Å²) in [5.41, 5.74) is 2.55. The lowest BCUT2D eigenvalue weighted by molar-refractivity contribution is 0.253. The highest BCUT2D eigenvalue weighted by Gasteiger charge is 2.16. The number of halogens is 1. The Morgan fingerprint density at radius 2 is 1.59 bits per heavy atom. The van der Waals surface area contributed by atoms with Crippen LogP contribution in [0.2, 0.25) is 0 Å². The van der Waals surface area contributed by atoms with Crippen molar-refractivity contribution in [2.24, 2.45) is 4.99 Å². The zero-order chi connectivity index (χ0) is 21.7. The number of nitrogens with zero attached hydrogens (tertiary/aromatic N) is 3. The fourth-order valence-electron chi connectivity index (χ4n) is 3.98. The van der Waals surface area contributed by atoms with Crippen LogP contribution in [-0.4, -0.2) is 70.8 Å². The van der Waals surface area contributed by atoms with E-state index < -0.39 is 0 Å². The number of hydrogen-bond donors (Lipinski definition) is 2. The molecule has 1 heterocycles. The Hall–Kier alpha value is -2.00. The van der Waals surface area contributed by atoms with Crippen LogP contribution in [0.5, 0.6) is 5.75 Å². The first kappa shape index (κ1) is 26.3. The molecule has 32 heavy (non-hydrogen) atoms. The number of anilines is 1. The fraction of sp³-hybridized carbons (Fsp3) is 0.480. The molecule has 6 nitrogen and oxygen atoms in total. The number of methoxy groups -OCH3 is 1. The van der Waals surface area contributed by atoms with Crippen molar-refractivity contribution in [3.8, 4) is 5.75 Å². The van der Waals surface area contributed by atoms with Gasteiger partial charge in [0.2, 0.25) is 0 Å². The third-order valence-corrected chi connectivity index (χ3v) is 5.79. The normalized spacial score (nSPS) is 14.6. The van der Waals surface area contributed by atoms with Crippen molar-refractivity contribution in [1.29, 1.82) is 0 Å². The van der Waals surface area contributed by atoms with Crippen LogP contribution in [0.1, 0.15) is 18.4 Å². The van der Waals surface area contributed by atoms with Crippen LogP contribution in [0.25, 0.3) is 0 Å². The molecule has 0 aromatic heterocycles. The van der Waals surface area contributed by atoms with Gasteiger partial charge in [-0.15, -0.1) is 24.0 Å². The molecule has 1 fully saturated rings. The van der Waals surface area contributed by atoms with E-state index in [0.717, 1.165) is 63.8 Å². The minimum absolute atomic E-state index is 0. The van der Waals surface area contributed by atoms with Crippen LogP contribution >= 0.6 is 24.0 Å². The van der Waals surface area contributed by atoms with Gasteiger partial charge in [-0.1, -0.05) is 36.4 Å². The molecule has 2 aromatic carbocycles. The van der Waals surface area contributed by atoms with Crippen LogP contribution in [0.4, 0.5) is 5.69 Å². The predicted molar refractivity (Wildman–Crippen MR) is 146 cm³/mol. The summed E-state index contributed by atoms with van der Waals surface area (Å²) >= 11 is 0. The summed E-state index contributed by atoms with van der Waals surface area (Å²) in [5.74, 6) is 1.81. The van der Waals surface area contributed by atoms with Crippen molar-refractivity contribution in [3.63, 3.8) is 0 Å². The molecule has 0 spiro atoms. The van der Waals surface area contributed by atoms with E-state index in [-0.39, 0.29) is 24.0 Å². The Labute approximate surface area is 210 Å². The Kier molecular flexibility index (Phi) is 12.3. The minimum atomic E-state index is 0. The highest BCUT2D eigenvalue weighted by atomic mass is 127. The molecule has 0 aliphatic carbocycles. The summed E-state index contributed by atoms with van der Waals surface area (Å²) in [6.45, 7) is 7.47. The number of benzene rings is 2. The summed E-state index contributed by atoms with van der Waals surface area (Å²) < 4.78 is 5.42. The quantitative estimate of drug-likeness (QED) is 0.205. The van der Waals surface area contributed by atoms with Crippen molar-refractivity contribution in [1.82, 2.24) is 15.5 Å². The lowest BCUT2D eigenvalue weighted by Gasteiger charge is -2.36. The zero-order valence-electron chi connectivity index (χ0n) is 19.4. The number of guanidine groups is 1. The second-order valence-corrected chi connectivity index (χ2v) is 7.86.